The molecule has 1 aliphatic carbocycles. The van der Waals surface area contributed by atoms with Crippen molar-refractivity contribution in [3.05, 3.63) is 78.6 Å². The Bertz CT molecular complexity index is 1380. The van der Waals surface area contributed by atoms with E-state index in [1.54, 1.807) is 47.4 Å². The van der Waals surface area contributed by atoms with Gasteiger partial charge >= 0.3 is 6.03 Å². The SMILES string of the molecule is CSc1cccc(NC(=O)NC2C(=O)N(CCC3CCCC3)c3ccccc3N(c3ccccc3F)C2=O)c1. The van der Waals surface area contributed by atoms with Gasteiger partial charge in [0.05, 0.1) is 17.1 Å². The number of anilines is 4. The van der Waals surface area contributed by atoms with Crippen molar-refractivity contribution in [1.82, 2.24) is 5.32 Å². The van der Waals surface area contributed by atoms with Gasteiger partial charge in [0, 0.05) is 17.1 Å². The van der Waals surface area contributed by atoms with E-state index in [-0.39, 0.29) is 5.69 Å². The maximum Gasteiger partial charge on any atom is 0.320 e. The number of nitrogens with zero attached hydrogens (tertiary/aromatic N) is 2. The highest BCUT2D eigenvalue weighted by atomic mass is 32.2. The molecular weight excluding hydrogens is 515 g/mol. The van der Waals surface area contributed by atoms with Crippen LogP contribution in [-0.4, -0.2) is 36.7 Å². The van der Waals surface area contributed by atoms with Crippen molar-refractivity contribution in [2.45, 2.75) is 43.0 Å². The molecule has 39 heavy (non-hydrogen) atoms. The molecule has 3 aromatic carbocycles. The number of carbonyl (C=O) groups excluding carboxylic acids is 3. The van der Waals surface area contributed by atoms with Crippen LogP contribution >= 0.6 is 11.8 Å². The number of nitrogens with one attached hydrogen (secondary N) is 2. The Balaban J connectivity index is 1.51. The first kappa shape index (κ1) is 26.7. The molecule has 1 atom stereocenters. The standard InChI is InChI=1S/C30H31FN4O3S/c1-39-22-12-8-11-21(19-22)32-30(38)33-27-28(36)34(18-17-20-9-2-3-10-20)25-15-6-7-16-26(25)35(29(27)37)24-14-5-4-13-23(24)31/h4-8,11-16,19-20,27H,2-3,9-10,17-18H2,1H3,(H2,32,33,38). The topological polar surface area (TPSA) is 81.8 Å². The molecule has 2 aliphatic rings. The molecule has 2 N–H and O–H groups in total. The number of carbonyl (C=O) groups is 3. The first-order valence-corrected chi connectivity index (χ1v) is 14.4. The van der Waals surface area contributed by atoms with E-state index in [0.717, 1.165) is 24.2 Å². The van der Waals surface area contributed by atoms with Crippen molar-refractivity contribution in [3.8, 4) is 0 Å². The van der Waals surface area contributed by atoms with E-state index < -0.39 is 29.7 Å². The van der Waals surface area contributed by atoms with Crippen LogP contribution in [0, 0.1) is 11.7 Å². The fourth-order valence-corrected chi connectivity index (χ4v) is 5.81. The van der Waals surface area contributed by atoms with Crippen LogP contribution in [0.4, 0.5) is 31.9 Å². The maximum absolute atomic E-state index is 15.1. The van der Waals surface area contributed by atoms with E-state index in [9.17, 15) is 14.4 Å². The van der Waals surface area contributed by atoms with Gasteiger partial charge in [0.25, 0.3) is 11.8 Å². The molecule has 9 heteroatoms. The van der Waals surface area contributed by atoms with E-state index >= 15 is 4.39 Å². The van der Waals surface area contributed by atoms with Gasteiger partial charge in [0.15, 0.2) is 6.04 Å². The zero-order valence-electron chi connectivity index (χ0n) is 21.7. The zero-order chi connectivity index (χ0) is 27.4. The summed E-state index contributed by atoms with van der Waals surface area (Å²) in [7, 11) is 0. The van der Waals surface area contributed by atoms with Crippen molar-refractivity contribution in [2.75, 3.05) is 27.9 Å². The second kappa shape index (κ2) is 11.9. The quantitative estimate of drug-likeness (QED) is 0.268. The summed E-state index contributed by atoms with van der Waals surface area (Å²) in [6.07, 6.45) is 7.30. The maximum atomic E-state index is 15.1. The molecule has 1 aliphatic heterocycles. The summed E-state index contributed by atoms with van der Waals surface area (Å²) in [4.78, 5) is 44.9. The summed E-state index contributed by atoms with van der Waals surface area (Å²) in [5.74, 6) is -1.37. The molecule has 1 unspecified atom stereocenters. The van der Waals surface area contributed by atoms with Gasteiger partial charge in [-0.15, -0.1) is 11.8 Å². The van der Waals surface area contributed by atoms with Crippen LogP contribution in [-0.2, 0) is 9.59 Å². The molecule has 0 aromatic heterocycles. The molecule has 7 nitrogen and oxygen atoms in total. The second-order valence-electron chi connectivity index (χ2n) is 9.81. The highest BCUT2D eigenvalue weighted by Gasteiger charge is 2.42. The molecule has 5 rings (SSSR count). The molecule has 4 amide bonds. The minimum atomic E-state index is -1.55. The summed E-state index contributed by atoms with van der Waals surface area (Å²) in [6, 6.07) is 17.9. The molecule has 0 saturated heterocycles. The molecule has 1 heterocycles. The first-order chi connectivity index (χ1) is 19.0. The van der Waals surface area contributed by atoms with Gasteiger partial charge in [0.2, 0.25) is 0 Å². The van der Waals surface area contributed by atoms with Crippen LogP contribution in [0.15, 0.2) is 77.7 Å². The van der Waals surface area contributed by atoms with Crippen molar-refractivity contribution < 1.29 is 18.8 Å². The van der Waals surface area contributed by atoms with E-state index in [2.05, 4.69) is 10.6 Å². The van der Waals surface area contributed by atoms with E-state index in [0.29, 0.717) is 29.5 Å². The predicted octanol–water partition coefficient (Wildman–Crippen LogP) is 6.33. The lowest BCUT2D eigenvalue weighted by Crippen LogP contribution is -2.56. The van der Waals surface area contributed by atoms with Crippen LogP contribution < -0.4 is 20.4 Å². The predicted molar refractivity (Wildman–Crippen MR) is 153 cm³/mol. The van der Waals surface area contributed by atoms with Crippen molar-refractivity contribution in [2.24, 2.45) is 5.92 Å². The van der Waals surface area contributed by atoms with Crippen LogP contribution in [0.3, 0.4) is 0 Å². The Labute approximate surface area is 231 Å². The van der Waals surface area contributed by atoms with Gasteiger partial charge in [-0.25, -0.2) is 9.18 Å². The lowest BCUT2D eigenvalue weighted by molar-refractivity contribution is -0.128. The smallest absolute Gasteiger partial charge is 0.318 e. The third kappa shape index (κ3) is 5.78. The Kier molecular flexibility index (Phi) is 8.16. The third-order valence-corrected chi connectivity index (χ3v) is 8.05. The number of halogens is 1. The number of thioether (sulfide) groups is 1. The lowest BCUT2D eigenvalue weighted by atomic mass is 10.0. The molecule has 1 saturated carbocycles. The Morgan fingerprint density at radius 3 is 2.33 bits per heavy atom. The number of amides is 4. The number of rotatable bonds is 7. The van der Waals surface area contributed by atoms with Crippen molar-refractivity contribution in [1.29, 1.82) is 0 Å². The zero-order valence-corrected chi connectivity index (χ0v) is 22.5. The minimum Gasteiger partial charge on any atom is -0.318 e. The fourth-order valence-electron chi connectivity index (χ4n) is 5.35. The van der Waals surface area contributed by atoms with Gasteiger partial charge in [-0.3, -0.25) is 14.5 Å². The Hall–Kier alpha value is -3.85. The van der Waals surface area contributed by atoms with Gasteiger partial charge in [-0.2, -0.15) is 0 Å². The molecular formula is C30H31FN4O3S. The summed E-state index contributed by atoms with van der Waals surface area (Å²) in [6.45, 7) is 0.397. The number of fused-ring (bicyclic) bond motifs is 1. The van der Waals surface area contributed by atoms with Crippen LogP contribution in [0.2, 0.25) is 0 Å². The summed E-state index contributed by atoms with van der Waals surface area (Å²) >= 11 is 1.53. The van der Waals surface area contributed by atoms with Gasteiger partial charge in [-0.05, 0) is 61.1 Å². The minimum absolute atomic E-state index is 0.0141. The van der Waals surface area contributed by atoms with E-state index in [1.165, 1.54) is 47.7 Å². The fraction of sp³-hybridized carbons (Fsp3) is 0.300. The van der Waals surface area contributed by atoms with Crippen LogP contribution in [0.5, 0.6) is 0 Å². The average molecular weight is 547 g/mol. The first-order valence-electron chi connectivity index (χ1n) is 13.2. The van der Waals surface area contributed by atoms with Crippen LogP contribution in [0.1, 0.15) is 32.1 Å². The monoisotopic (exact) mass is 546 g/mol. The molecule has 0 bridgehead atoms. The lowest BCUT2D eigenvalue weighted by Gasteiger charge is -2.26. The van der Waals surface area contributed by atoms with Crippen molar-refractivity contribution >= 4 is 52.4 Å². The normalized spacial score (nSPS) is 17.6. The Morgan fingerprint density at radius 2 is 1.62 bits per heavy atom. The van der Waals surface area contributed by atoms with E-state index in [1.807, 2.05) is 18.4 Å². The Morgan fingerprint density at radius 1 is 0.923 bits per heavy atom. The second-order valence-corrected chi connectivity index (χ2v) is 10.7. The number of para-hydroxylation sites is 3. The van der Waals surface area contributed by atoms with Gasteiger partial charge in [-0.1, -0.05) is 56.0 Å². The highest BCUT2D eigenvalue weighted by molar-refractivity contribution is 7.98. The van der Waals surface area contributed by atoms with Gasteiger partial charge in [0.1, 0.15) is 5.82 Å². The number of benzene rings is 3. The molecule has 0 radical (unpaired) electrons. The number of hydrogen-bond acceptors (Lipinski definition) is 4. The summed E-state index contributed by atoms with van der Waals surface area (Å²) in [5, 5.41) is 5.32. The average Bonchev–Trinajstić information content (AvgIpc) is 3.45. The molecule has 3 aromatic rings. The van der Waals surface area contributed by atoms with Crippen LogP contribution in [0.25, 0.3) is 0 Å². The van der Waals surface area contributed by atoms with E-state index in [4.69, 9.17) is 0 Å². The summed E-state index contributed by atoms with van der Waals surface area (Å²) in [5.41, 5.74) is 1.44. The molecule has 0 spiro atoms. The summed E-state index contributed by atoms with van der Waals surface area (Å²) < 4.78 is 15.1. The van der Waals surface area contributed by atoms with Crippen molar-refractivity contribution in [3.63, 3.8) is 0 Å². The largest absolute Gasteiger partial charge is 0.320 e. The molecule has 202 valence electrons. The third-order valence-electron chi connectivity index (χ3n) is 7.33. The molecule has 1 fully saturated rings. The van der Waals surface area contributed by atoms with Gasteiger partial charge < -0.3 is 15.5 Å². The highest BCUT2D eigenvalue weighted by Crippen LogP contribution is 2.39. The number of urea groups is 1. The number of hydrogen-bond donors (Lipinski definition) is 2.